The largest absolute Gasteiger partial charge is 0.454 e. The standard InChI is InChI=1S/C18H19F3N2O4/c19-18(20,21)17(25)12-3-1-2-4-13(12)22-23(17)16(24)8-6-11-5-7-14-15(9-11)27-10-26-14/h5,7,9,12,25H,1-4,6,8,10H2/t12-,17-/m1/s1. The number of rotatable bonds is 3. The maximum Gasteiger partial charge on any atom is 0.439 e. The van der Waals surface area contributed by atoms with Gasteiger partial charge in [-0.3, -0.25) is 4.79 Å². The second-order valence-electron chi connectivity index (χ2n) is 7.01. The minimum Gasteiger partial charge on any atom is -0.454 e. The van der Waals surface area contributed by atoms with Crippen LogP contribution in [0.25, 0.3) is 0 Å². The molecular weight excluding hydrogens is 365 g/mol. The Hall–Kier alpha value is -2.29. The summed E-state index contributed by atoms with van der Waals surface area (Å²) in [6, 6.07) is 5.12. The molecule has 0 saturated heterocycles. The SMILES string of the molecule is O=C(CCc1ccc2c(c1)OCO2)N1N=C2CCCC[C@H]2[C@@]1(O)C(F)(F)F. The van der Waals surface area contributed by atoms with Crippen LogP contribution in [0, 0.1) is 5.92 Å². The van der Waals surface area contributed by atoms with Crippen molar-refractivity contribution in [3.05, 3.63) is 23.8 Å². The van der Waals surface area contributed by atoms with Crippen LogP contribution in [0.4, 0.5) is 13.2 Å². The highest BCUT2D eigenvalue weighted by atomic mass is 19.4. The Kier molecular flexibility index (Phi) is 4.29. The highest BCUT2D eigenvalue weighted by molar-refractivity contribution is 5.93. The minimum atomic E-state index is -4.98. The van der Waals surface area contributed by atoms with Gasteiger partial charge in [0.15, 0.2) is 11.5 Å². The molecule has 6 nitrogen and oxygen atoms in total. The second-order valence-corrected chi connectivity index (χ2v) is 7.01. The maximum atomic E-state index is 13.7. The van der Waals surface area contributed by atoms with Crippen LogP contribution >= 0.6 is 0 Å². The van der Waals surface area contributed by atoms with E-state index in [1.54, 1.807) is 18.2 Å². The van der Waals surface area contributed by atoms with Gasteiger partial charge in [0, 0.05) is 12.1 Å². The van der Waals surface area contributed by atoms with Crippen molar-refractivity contribution in [1.82, 2.24) is 5.01 Å². The van der Waals surface area contributed by atoms with Gasteiger partial charge < -0.3 is 14.6 Å². The number of carbonyl (C=O) groups is 1. The number of ether oxygens (including phenoxy) is 2. The summed E-state index contributed by atoms with van der Waals surface area (Å²) in [5.41, 5.74) is -2.26. The van der Waals surface area contributed by atoms with Gasteiger partial charge in [0.05, 0.1) is 5.92 Å². The fraction of sp³-hybridized carbons (Fsp3) is 0.556. The average molecular weight is 384 g/mol. The zero-order valence-corrected chi connectivity index (χ0v) is 14.5. The van der Waals surface area contributed by atoms with E-state index >= 15 is 0 Å². The van der Waals surface area contributed by atoms with E-state index in [-0.39, 0.29) is 36.8 Å². The highest BCUT2D eigenvalue weighted by Gasteiger charge is 2.68. The van der Waals surface area contributed by atoms with E-state index in [0.29, 0.717) is 30.8 Å². The number of amides is 1. The van der Waals surface area contributed by atoms with Gasteiger partial charge >= 0.3 is 6.18 Å². The Morgan fingerprint density at radius 3 is 2.85 bits per heavy atom. The Bertz CT molecular complexity index is 795. The zero-order chi connectivity index (χ0) is 19.2. The molecule has 1 aliphatic carbocycles. The van der Waals surface area contributed by atoms with Gasteiger partial charge in [-0.05, 0) is 43.4 Å². The lowest BCUT2D eigenvalue weighted by Gasteiger charge is -2.38. The predicted octanol–water partition coefficient (Wildman–Crippen LogP) is 2.99. The van der Waals surface area contributed by atoms with Gasteiger partial charge in [-0.2, -0.15) is 23.3 Å². The van der Waals surface area contributed by atoms with Crippen molar-refractivity contribution in [2.24, 2.45) is 11.0 Å². The molecular formula is C18H19F3N2O4. The Morgan fingerprint density at radius 2 is 2.07 bits per heavy atom. The van der Waals surface area contributed by atoms with Gasteiger partial charge in [-0.25, -0.2) is 0 Å². The summed E-state index contributed by atoms with van der Waals surface area (Å²) in [6.07, 6.45) is -3.16. The number of fused-ring (bicyclic) bond motifs is 2. The molecule has 0 spiro atoms. The lowest BCUT2D eigenvalue weighted by Crippen LogP contribution is -2.61. The number of benzene rings is 1. The molecule has 2 heterocycles. The van der Waals surface area contributed by atoms with Crippen molar-refractivity contribution in [2.45, 2.75) is 50.4 Å². The normalized spacial score (nSPS) is 26.7. The number of hydrazone groups is 1. The Balaban J connectivity index is 1.52. The van der Waals surface area contributed by atoms with E-state index in [0.717, 1.165) is 5.56 Å². The van der Waals surface area contributed by atoms with Gasteiger partial charge in [-0.1, -0.05) is 12.5 Å². The van der Waals surface area contributed by atoms with E-state index in [2.05, 4.69) is 5.10 Å². The van der Waals surface area contributed by atoms with E-state index in [1.165, 1.54) is 0 Å². The van der Waals surface area contributed by atoms with E-state index in [1.807, 2.05) is 0 Å². The predicted molar refractivity (Wildman–Crippen MR) is 88.1 cm³/mol. The average Bonchev–Trinajstić information content (AvgIpc) is 3.22. The highest BCUT2D eigenvalue weighted by Crippen LogP contribution is 2.48. The van der Waals surface area contributed by atoms with Crippen LogP contribution in [-0.2, 0) is 11.2 Å². The molecule has 1 amide bonds. The molecule has 146 valence electrons. The smallest absolute Gasteiger partial charge is 0.439 e. The third kappa shape index (κ3) is 2.93. The van der Waals surface area contributed by atoms with Crippen molar-refractivity contribution in [3.8, 4) is 11.5 Å². The summed E-state index contributed by atoms with van der Waals surface area (Å²) in [5.74, 6) is -0.902. The monoisotopic (exact) mass is 384 g/mol. The van der Waals surface area contributed by atoms with Crippen molar-refractivity contribution >= 4 is 11.6 Å². The van der Waals surface area contributed by atoms with Crippen LogP contribution in [0.5, 0.6) is 11.5 Å². The Morgan fingerprint density at radius 1 is 1.30 bits per heavy atom. The summed E-state index contributed by atoms with van der Waals surface area (Å²) in [5, 5.41) is 14.7. The molecule has 1 N–H and O–H groups in total. The third-order valence-electron chi connectivity index (χ3n) is 5.33. The fourth-order valence-corrected chi connectivity index (χ4v) is 3.92. The molecule has 0 radical (unpaired) electrons. The number of hydrogen-bond donors (Lipinski definition) is 1. The second kappa shape index (κ2) is 6.40. The number of aryl methyl sites for hydroxylation is 1. The molecule has 1 fully saturated rings. The summed E-state index contributed by atoms with van der Waals surface area (Å²) < 4.78 is 51.5. The number of nitrogens with zero attached hydrogens (tertiary/aromatic N) is 2. The van der Waals surface area contributed by atoms with E-state index in [9.17, 15) is 23.1 Å². The zero-order valence-electron chi connectivity index (χ0n) is 14.5. The summed E-state index contributed by atoms with van der Waals surface area (Å²) in [6.45, 7) is 0.114. The molecule has 27 heavy (non-hydrogen) atoms. The number of aliphatic hydroxyl groups is 1. The third-order valence-corrected chi connectivity index (χ3v) is 5.33. The minimum absolute atomic E-state index is 0.114. The molecule has 3 aliphatic rings. The summed E-state index contributed by atoms with van der Waals surface area (Å²) in [4.78, 5) is 12.6. The molecule has 4 rings (SSSR count). The fourth-order valence-electron chi connectivity index (χ4n) is 3.92. The van der Waals surface area contributed by atoms with Gasteiger partial charge in [0.2, 0.25) is 12.7 Å². The van der Waals surface area contributed by atoms with Gasteiger partial charge in [0.1, 0.15) is 0 Å². The number of carbonyl (C=O) groups excluding carboxylic acids is 1. The first-order valence-electron chi connectivity index (χ1n) is 8.89. The Labute approximate surface area is 153 Å². The number of alkyl halides is 3. The van der Waals surface area contributed by atoms with Crippen LogP contribution in [-0.4, -0.2) is 40.4 Å². The first-order valence-corrected chi connectivity index (χ1v) is 8.89. The van der Waals surface area contributed by atoms with Crippen LogP contribution in [0.15, 0.2) is 23.3 Å². The van der Waals surface area contributed by atoms with Crippen LogP contribution < -0.4 is 9.47 Å². The lowest BCUT2D eigenvalue weighted by molar-refractivity contribution is -0.317. The molecule has 1 aromatic carbocycles. The van der Waals surface area contributed by atoms with Gasteiger partial charge in [0.25, 0.3) is 5.72 Å². The molecule has 1 saturated carbocycles. The summed E-state index contributed by atoms with van der Waals surface area (Å²) >= 11 is 0. The molecule has 0 bridgehead atoms. The molecule has 2 atom stereocenters. The number of hydrogen-bond acceptors (Lipinski definition) is 5. The van der Waals surface area contributed by atoms with Crippen LogP contribution in [0.2, 0.25) is 0 Å². The first kappa shape index (κ1) is 18.1. The lowest BCUT2D eigenvalue weighted by atomic mass is 9.80. The van der Waals surface area contributed by atoms with Crippen molar-refractivity contribution in [2.75, 3.05) is 6.79 Å². The van der Waals surface area contributed by atoms with Crippen LogP contribution in [0.1, 0.15) is 37.7 Å². The molecule has 2 aliphatic heterocycles. The van der Waals surface area contributed by atoms with Crippen molar-refractivity contribution in [3.63, 3.8) is 0 Å². The van der Waals surface area contributed by atoms with E-state index in [4.69, 9.17) is 9.47 Å². The molecule has 0 unspecified atom stereocenters. The molecule has 0 aromatic heterocycles. The first-order chi connectivity index (χ1) is 12.8. The topological polar surface area (TPSA) is 71.4 Å². The molecule has 1 aromatic rings. The van der Waals surface area contributed by atoms with Gasteiger partial charge in [-0.15, -0.1) is 0 Å². The van der Waals surface area contributed by atoms with Crippen LogP contribution in [0.3, 0.4) is 0 Å². The van der Waals surface area contributed by atoms with E-state index < -0.39 is 23.7 Å². The molecule has 9 heteroatoms. The number of halogens is 3. The maximum absolute atomic E-state index is 13.7. The quantitative estimate of drug-likeness (QED) is 0.870. The van der Waals surface area contributed by atoms with Crippen molar-refractivity contribution in [1.29, 1.82) is 0 Å². The summed E-state index contributed by atoms with van der Waals surface area (Å²) in [7, 11) is 0. The van der Waals surface area contributed by atoms with Crippen molar-refractivity contribution < 1.29 is 32.5 Å².